The third-order valence-electron chi connectivity index (χ3n) is 3.37. The number of hydrogen-bond donors (Lipinski definition) is 2. The van der Waals surface area contributed by atoms with E-state index in [1.54, 1.807) is 12.1 Å². The third kappa shape index (κ3) is 2.54. The average Bonchev–Trinajstić information content (AvgIpc) is 2.69. The summed E-state index contributed by atoms with van der Waals surface area (Å²) < 4.78 is 0. The van der Waals surface area contributed by atoms with Gasteiger partial charge in [0, 0.05) is 18.7 Å². The lowest BCUT2D eigenvalue weighted by Gasteiger charge is -2.15. The summed E-state index contributed by atoms with van der Waals surface area (Å²) in [7, 11) is 0. The molecule has 2 N–H and O–H groups in total. The van der Waals surface area contributed by atoms with Crippen LogP contribution < -0.4 is 0 Å². The first-order valence-electron chi connectivity index (χ1n) is 6.24. The maximum absolute atomic E-state index is 12.1. The topological polar surface area (TPSA) is 60.8 Å². The van der Waals surface area contributed by atoms with E-state index >= 15 is 0 Å². The molecule has 0 unspecified atom stereocenters. The van der Waals surface area contributed by atoms with Gasteiger partial charge in [0.1, 0.15) is 0 Å². The lowest BCUT2D eigenvalue weighted by molar-refractivity contribution is 0.0572. The van der Waals surface area contributed by atoms with Crippen LogP contribution in [-0.2, 0) is 0 Å². The fourth-order valence-corrected chi connectivity index (χ4v) is 2.13. The summed E-state index contributed by atoms with van der Waals surface area (Å²) in [6.07, 6.45) is -1.66. The number of carbonyl (C=O) groups excluding carboxylic acids is 1. The first-order chi connectivity index (χ1) is 8.49. The highest BCUT2D eigenvalue weighted by atomic mass is 16.3. The number of aliphatic hydroxyl groups is 2. The largest absolute Gasteiger partial charge is 0.388 e. The van der Waals surface area contributed by atoms with Crippen molar-refractivity contribution >= 4 is 5.91 Å². The van der Waals surface area contributed by atoms with Crippen molar-refractivity contribution in [3.8, 4) is 0 Å². The zero-order valence-electron chi connectivity index (χ0n) is 10.7. The van der Waals surface area contributed by atoms with E-state index < -0.39 is 12.2 Å². The van der Waals surface area contributed by atoms with Crippen molar-refractivity contribution in [2.45, 2.75) is 32.0 Å². The number of likely N-dealkylation sites (tertiary alicyclic amines) is 1. The Balaban J connectivity index is 2.10. The molecule has 0 radical (unpaired) electrons. The fraction of sp³-hybridized carbons (Fsp3) is 0.500. The number of nitrogens with zero attached hydrogens (tertiary/aromatic N) is 1. The summed E-state index contributed by atoms with van der Waals surface area (Å²) in [5.74, 6) is 0.297. The van der Waals surface area contributed by atoms with Crippen molar-refractivity contribution in [2.24, 2.45) is 0 Å². The molecule has 0 spiro atoms. The predicted molar refractivity (Wildman–Crippen MR) is 68.4 cm³/mol. The average molecular weight is 249 g/mol. The van der Waals surface area contributed by atoms with Crippen LogP contribution in [0.4, 0.5) is 0 Å². The van der Waals surface area contributed by atoms with Crippen molar-refractivity contribution in [1.82, 2.24) is 4.90 Å². The van der Waals surface area contributed by atoms with Crippen LogP contribution in [0.3, 0.4) is 0 Å². The van der Waals surface area contributed by atoms with Gasteiger partial charge in [-0.3, -0.25) is 4.79 Å². The summed E-state index contributed by atoms with van der Waals surface area (Å²) in [5.41, 5.74) is 1.79. The van der Waals surface area contributed by atoms with Crippen molar-refractivity contribution in [2.75, 3.05) is 13.1 Å². The number of hydrogen-bond acceptors (Lipinski definition) is 3. The van der Waals surface area contributed by atoms with E-state index in [9.17, 15) is 15.0 Å². The van der Waals surface area contributed by atoms with Crippen LogP contribution in [0.5, 0.6) is 0 Å². The molecule has 0 aromatic heterocycles. The molecule has 98 valence electrons. The molecule has 1 heterocycles. The highest BCUT2D eigenvalue weighted by Crippen LogP contribution is 2.18. The Hall–Kier alpha value is -1.39. The summed E-state index contributed by atoms with van der Waals surface area (Å²) in [4.78, 5) is 13.6. The van der Waals surface area contributed by atoms with Gasteiger partial charge < -0.3 is 15.1 Å². The van der Waals surface area contributed by atoms with Crippen molar-refractivity contribution in [1.29, 1.82) is 0 Å². The zero-order valence-corrected chi connectivity index (χ0v) is 10.7. The van der Waals surface area contributed by atoms with Crippen LogP contribution in [0.25, 0.3) is 0 Å². The van der Waals surface area contributed by atoms with Crippen molar-refractivity contribution < 1.29 is 15.0 Å². The molecule has 1 amide bonds. The maximum Gasteiger partial charge on any atom is 0.254 e. The summed E-state index contributed by atoms with van der Waals surface area (Å²) >= 11 is 0. The molecule has 0 aliphatic carbocycles. The molecule has 4 heteroatoms. The molecule has 1 fully saturated rings. The number of amides is 1. The molecule has 1 aliphatic heterocycles. The number of aliphatic hydroxyl groups excluding tert-OH is 2. The lowest BCUT2D eigenvalue weighted by atomic mass is 10.0. The first-order valence-corrected chi connectivity index (χ1v) is 6.24. The Morgan fingerprint density at radius 2 is 1.67 bits per heavy atom. The Morgan fingerprint density at radius 1 is 1.17 bits per heavy atom. The highest BCUT2D eigenvalue weighted by molar-refractivity contribution is 5.94. The maximum atomic E-state index is 12.1. The van der Waals surface area contributed by atoms with E-state index in [1.165, 1.54) is 10.5 Å². The molecule has 1 aromatic carbocycles. The minimum atomic E-state index is -0.830. The van der Waals surface area contributed by atoms with Gasteiger partial charge in [0.05, 0.1) is 12.2 Å². The Bertz CT molecular complexity index is 417. The molecule has 1 saturated heterocycles. The first kappa shape index (κ1) is 13.1. The van der Waals surface area contributed by atoms with Crippen LogP contribution in [0.15, 0.2) is 24.3 Å². The minimum Gasteiger partial charge on any atom is -0.388 e. The van der Waals surface area contributed by atoms with E-state index in [0.29, 0.717) is 11.5 Å². The van der Waals surface area contributed by atoms with Gasteiger partial charge in [-0.05, 0) is 23.6 Å². The van der Waals surface area contributed by atoms with Gasteiger partial charge in [-0.2, -0.15) is 0 Å². The van der Waals surface area contributed by atoms with Gasteiger partial charge in [0.15, 0.2) is 0 Å². The minimum absolute atomic E-state index is 0.138. The normalized spacial score (nSPS) is 23.7. The van der Waals surface area contributed by atoms with Crippen molar-refractivity contribution in [3.63, 3.8) is 0 Å². The second-order valence-electron chi connectivity index (χ2n) is 5.12. The SMILES string of the molecule is CC(C)c1ccc(C(=O)N2C[C@@H](O)[C@@H](O)C2)cc1. The molecule has 0 saturated carbocycles. The van der Waals surface area contributed by atoms with Crippen LogP contribution in [0.1, 0.15) is 35.7 Å². The number of benzene rings is 1. The van der Waals surface area contributed by atoms with Gasteiger partial charge in [-0.25, -0.2) is 0 Å². The van der Waals surface area contributed by atoms with E-state index in [4.69, 9.17) is 0 Å². The van der Waals surface area contributed by atoms with Crippen LogP contribution in [0, 0.1) is 0 Å². The fourth-order valence-electron chi connectivity index (χ4n) is 2.13. The highest BCUT2D eigenvalue weighted by Gasteiger charge is 2.32. The van der Waals surface area contributed by atoms with Crippen LogP contribution >= 0.6 is 0 Å². The molecule has 1 aliphatic rings. The number of β-amino-alcohol motifs (C(OH)–C–C–N with tert-alkyl or cyclic N) is 2. The van der Waals surface area contributed by atoms with Crippen LogP contribution in [-0.4, -0.2) is 46.3 Å². The molecule has 4 nitrogen and oxygen atoms in total. The quantitative estimate of drug-likeness (QED) is 0.821. The monoisotopic (exact) mass is 249 g/mol. The lowest BCUT2D eigenvalue weighted by Crippen LogP contribution is -2.29. The smallest absolute Gasteiger partial charge is 0.254 e. The van der Waals surface area contributed by atoms with Gasteiger partial charge in [-0.1, -0.05) is 26.0 Å². The van der Waals surface area contributed by atoms with Crippen LogP contribution in [0.2, 0.25) is 0 Å². The molecule has 0 bridgehead atoms. The molecular weight excluding hydrogens is 230 g/mol. The number of rotatable bonds is 2. The third-order valence-corrected chi connectivity index (χ3v) is 3.37. The molecule has 18 heavy (non-hydrogen) atoms. The summed E-state index contributed by atoms with van der Waals surface area (Å²) in [6, 6.07) is 7.49. The molecule has 1 aromatic rings. The second kappa shape index (κ2) is 5.08. The van der Waals surface area contributed by atoms with Gasteiger partial charge in [0.25, 0.3) is 5.91 Å². The zero-order chi connectivity index (χ0) is 13.3. The summed E-state index contributed by atoms with van der Waals surface area (Å²) in [5, 5.41) is 18.9. The van der Waals surface area contributed by atoms with Gasteiger partial charge in [0.2, 0.25) is 0 Å². The van der Waals surface area contributed by atoms with Gasteiger partial charge in [-0.15, -0.1) is 0 Å². The molecule has 2 atom stereocenters. The Kier molecular flexibility index (Phi) is 3.68. The standard InChI is InChI=1S/C14H19NO3/c1-9(2)10-3-5-11(6-4-10)14(18)15-7-12(16)13(17)8-15/h3-6,9,12-13,16-17H,7-8H2,1-2H3/t12-,13+. The second-order valence-corrected chi connectivity index (χ2v) is 5.12. The number of carbonyl (C=O) groups is 1. The Morgan fingerprint density at radius 3 is 2.11 bits per heavy atom. The predicted octanol–water partition coefficient (Wildman–Crippen LogP) is 0.988. The molecular formula is C14H19NO3. The van der Waals surface area contributed by atoms with Gasteiger partial charge >= 0.3 is 0 Å². The van der Waals surface area contributed by atoms with Crippen molar-refractivity contribution in [3.05, 3.63) is 35.4 Å². The summed E-state index contributed by atoms with van der Waals surface area (Å²) in [6.45, 7) is 4.60. The van der Waals surface area contributed by atoms with E-state index in [2.05, 4.69) is 13.8 Å². The Labute approximate surface area is 107 Å². The van der Waals surface area contributed by atoms with E-state index in [1.807, 2.05) is 12.1 Å². The van der Waals surface area contributed by atoms with E-state index in [-0.39, 0.29) is 19.0 Å². The molecule has 2 rings (SSSR count). The van der Waals surface area contributed by atoms with E-state index in [0.717, 1.165) is 0 Å².